The van der Waals surface area contributed by atoms with E-state index in [-0.39, 0.29) is 6.61 Å². The van der Waals surface area contributed by atoms with Crippen molar-refractivity contribution < 1.29 is 12.6 Å². The van der Waals surface area contributed by atoms with Crippen LogP contribution in [0.3, 0.4) is 0 Å². The lowest BCUT2D eigenvalue weighted by molar-refractivity contribution is 0.323. The molecule has 0 rings (SSSR count). The largest absolute Gasteiger partial charge is 0.270 e. The Bertz CT molecular complexity index is 151. The van der Waals surface area contributed by atoms with Crippen molar-refractivity contribution in [1.82, 2.24) is 0 Å². The van der Waals surface area contributed by atoms with Crippen LogP contribution in [0.25, 0.3) is 0 Å². The van der Waals surface area contributed by atoms with Crippen LogP contribution < -0.4 is 0 Å². The normalized spacial score (nSPS) is 11.8. The molecule has 0 aromatic heterocycles. The Morgan fingerprint density at radius 1 is 1.56 bits per heavy atom. The first kappa shape index (κ1) is 9.39. The summed E-state index contributed by atoms with van der Waals surface area (Å²) in [6, 6.07) is 0. The molecule has 0 radical (unpaired) electrons. The van der Waals surface area contributed by atoms with E-state index >= 15 is 0 Å². The second kappa shape index (κ2) is 4.24. The highest BCUT2D eigenvalue weighted by molar-refractivity contribution is 9.09. The third-order valence-corrected chi connectivity index (χ3v) is 1.73. The number of rotatable bonds is 4. The Kier molecular flexibility index (Phi) is 4.43. The van der Waals surface area contributed by atoms with Gasteiger partial charge in [-0.05, 0) is 6.42 Å². The van der Waals surface area contributed by atoms with Crippen LogP contribution >= 0.6 is 15.9 Å². The Labute approximate surface area is 63.6 Å². The highest BCUT2D eigenvalue weighted by Gasteiger charge is 1.98. The van der Waals surface area contributed by atoms with Crippen molar-refractivity contribution in [2.24, 2.45) is 0 Å². The van der Waals surface area contributed by atoms with Gasteiger partial charge in [0.2, 0.25) is 0 Å². The number of hydrogen-bond acceptors (Lipinski definition) is 3. The van der Waals surface area contributed by atoms with E-state index < -0.39 is 10.1 Å². The predicted molar refractivity (Wildman–Crippen MR) is 39.2 cm³/mol. The predicted octanol–water partition coefficient (Wildman–Crippen LogP) is 0.748. The molecule has 0 aliphatic carbocycles. The minimum Gasteiger partial charge on any atom is -0.270 e. The van der Waals surface area contributed by atoms with Gasteiger partial charge < -0.3 is 0 Å². The van der Waals surface area contributed by atoms with E-state index in [2.05, 4.69) is 20.1 Å². The van der Waals surface area contributed by atoms with Gasteiger partial charge in [-0.2, -0.15) is 8.42 Å². The van der Waals surface area contributed by atoms with Crippen molar-refractivity contribution in [3.63, 3.8) is 0 Å². The van der Waals surface area contributed by atoms with Crippen molar-refractivity contribution in [3.05, 3.63) is 0 Å². The van der Waals surface area contributed by atoms with Crippen molar-refractivity contribution >= 4 is 26.0 Å². The van der Waals surface area contributed by atoms with Crippen molar-refractivity contribution in [3.8, 4) is 0 Å². The van der Waals surface area contributed by atoms with Crippen LogP contribution in [0.5, 0.6) is 0 Å². The average Bonchev–Trinajstić information content (AvgIpc) is 1.63. The number of halogens is 1. The molecule has 0 heterocycles. The molecular weight excluding hydrogens is 208 g/mol. The first-order valence-corrected chi connectivity index (χ1v) is 5.40. The first-order valence-electron chi connectivity index (χ1n) is 2.46. The summed E-state index contributed by atoms with van der Waals surface area (Å²) in [6.07, 6.45) is 1.76. The molecule has 0 amide bonds. The van der Waals surface area contributed by atoms with Crippen LogP contribution in [0.4, 0.5) is 0 Å². The summed E-state index contributed by atoms with van der Waals surface area (Å²) in [6.45, 7) is 0.268. The minimum absolute atomic E-state index is 0.268. The zero-order valence-electron chi connectivity index (χ0n) is 5.13. The molecule has 0 saturated heterocycles. The molecule has 3 nitrogen and oxygen atoms in total. The van der Waals surface area contributed by atoms with Gasteiger partial charge in [0.25, 0.3) is 10.1 Å². The molecule has 0 aliphatic rings. The van der Waals surface area contributed by atoms with Gasteiger partial charge in [0.1, 0.15) is 0 Å². The molecule has 0 saturated carbocycles. The first-order chi connectivity index (χ1) is 4.06. The molecule has 0 aliphatic heterocycles. The molecule has 0 atom stereocenters. The van der Waals surface area contributed by atoms with Crippen LogP contribution in [-0.2, 0) is 14.3 Å². The van der Waals surface area contributed by atoms with Crippen molar-refractivity contribution in [1.29, 1.82) is 0 Å². The van der Waals surface area contributed by atoms with E-state index in [1.165, 1.54) is 0 Å². The summed E-state index contributed by atoms with van der Waals surface area (Å²) in [5.41, 5.74) is 0. The van der Waals surface area contributed by atoms with E-state index in [1.807, 2.05) is 0 Å². The quantitative estimate of drug-likeness (QED) is 0.396. The zero-order chi connectivity index (χ0) is 7.33. The van der Waals surface area contributed by atoms with Crippen LogP contribution in [0.15, 0.2) is 0 Å². The average molecular weight is 217 g/mol. The van der Waals surface area contributed by atoms with Gasteiger partial charge >= 0.3 is 0 Å². The maximum absolute atomic E-state index is 10.3. The molecular formula is C4H9BrO3S. The van der Waals surface area contributed by atoms with Crippen LogP contribution in [0.2, 0.25) is 0 Å². The SMILES string of the molecule is CS(=O)(=O)OCCCBr. The second-order valence-electron chi connectivity index (χ2n) is 1.57. The lowest BCUT2D eigenvalue weighted by Crippen LogP contribution is -2.03. The third kappa shape index (κ3) is 8.39. The van der Waals surface area contributed by atoms with Gasteiger partial charge in [-0.1, -0.05) is 15.9 Å². The van der Waals surface area contributed by atoms with Gasteiger partial charge in [-0.15, -0.1) is 0 Å². The Morgan fingerprint density at radius 3 is 2.44 bits per heavy atom. The van der Waals surface area contributed by atoms with Gasteiger partial charge in [0, 0.05) is 5.33 Å². The maximum Gasteiger partial charge on any atom is 0.264 e. The van der Waals surface area contributed by atoms with Gasteiger partial charge in [-0.3, -0.25) is 4.18 Å². The highest BCUT2D eigenvalue weighted by Crippen LogP contribution is 1.92. The molecule has 9 heavy (non-hydrogen) atoms. The third-order valence-electron chi connectivity index (χ3n) is 0.575. The molecule has 56 valence electrons. The highest BCUT2D eigenvalue weighted by atomic mass is 79.9. The van der Waals surface area contributed by atoms with Crippen LogP contribution in [0.1, 0.15) is 6.42 Å². The second-order valence-corrected chi connectivity index (χ2v) is 4.01. The fourth-order valence-electron chi connectivity index (χ4n) is 0.265. The Morgan fingerprint density at radius 2 is 2.11 bits per heavy atom. The molecule has 0 aromatic carbocycles. The monoisotopic (exact) mass is 216 g/mol. The molecule has 0 bridgehead atoms. The van der Waals surface area contributed by atoms with E-state index in [0.29, 0.717) is 6.42 Å². The molecule has 0 unspecified atom stereocenters. The summed E-state index contributed by atoms with van der Waals surface area (Å²) < 4.78 is 24.9. The molecule has 5 heteroatoms. The molecule has 0 spiro atoms. The molecule has 0 N–H and O–H groups in total. The van der Waals surface area contributed by atoms with E-state index in [4.69, 9.17) is 0 Å². The topological polar surface area (TPSA) is 43.4 Å². The van der Waals surface area contributed by atoms with E-state index in [9.17, 15) is 8.42 Å². The lowest BCUT2D eigenvalue weighted by atomic mass is 10.5. The summed E-state index contributed by atoms with van der Waals surface area (Å²) in [5, 5.41) is 0.766. The fourth-order valence-corrected chi connectivity index (χ4v) is 0.914. The Balaban J connectivity index is 3.30. The number of hydrogen-bond donors (Lipinski definition) is 0. The lowest BCUT2D eigenvalue weighted by Gasteiger charge is -1.96. The summed E-state index contributed by atoms with van der Waals surface area (Å²) in [5.74, 6) is 0. The van der Waals surface area contributed by atoms with Crippen molar-refractivity contribution in [2.75, 3.05) is 18.2 Å². The maximum atomic E-state index is 10.3. The van der Waals surface area contributed by atoms with Crippen LogP contribution in [0, 0.1) is 0 Å². The minimum atomic E-state index is -3.22. The summed E-state index contributed by atoms with van der Waals surface area (Å²) in [4.78, 5) is 0. The Hall–Kier alpha value is 0.390. The van der Waals surface area contributed by atoms with E-state index in [1.54, 1.807) is 0 Å². The number of alkyl halides is 1. The summed E-state index contributed by atoms with van der Waals surface area (Å²) >= 11 is 3.14. The van der Waals surface area contributed by atoms with Gasteiger partial charge in [0.15, 0.2) is 0 Å². The van der Waals surface area contributed by atoms with E-state index in [0.717, 1.165) is 11.6 Å². The smallest absolute Gasteiger partial charge is 0.264 e. The van der Waals surface area contributed by atoms with Crippen molar-refractivity contribution in [2.45, 2.75) is 6.42 Å². The summed E-state index contributed by atoms with van der Waals surface area (Å²) in [7, 11) is -3.22. The van der Waals surface area contributed by atoms with Gasteiger partial charge in [-0.25, -0.2) is 0 Å². The molecule has 0 aromatic rings. The fraction of sp³-hybridized carbons (Fsp3) is 1.00. The zero-order valence-corrected chi connectivity index (χ0v) is 7.53. The van der Waals surface area contributed by atoms with Crippen LogP contribution in [-0.4, -0.2) is 26.6 Å². The standard InChI is InChI=1S/C4H9BrO3S/c1-9(6,7)8-4-2-3-5/h2-4H2,1H3. The molecule has 0 fully saturated rings. The van der Waals surface area contributed by atoms with Gasteiger partial charge in [0.05, 0.1) is 12.9 Å².